The Morgan fingerprint density at radius 1 is 1.90 bits per heavy atom. The van der Waals surface area contributed by atoms with E-state index in [4.69, 9.17) is 11.6 Å². The van der Waals surface area contributed by atoms with Gasteiger partial charge in [0.25, 0.3) is 0 Å². The number of hydrogen-bond acceptors (Lipinski definition) is 0. The van der Waals surface area contributed by atoms with Crippen LogP contribution >= 0.6 is 11.6 Å². The summed E-state index contributed by atoms with van der Waals surface area (Å²) < 4.78 is 3.82. The molecule has 0 amide bonds. The molecule has 0 atom stereocenters. The van der Waals surface area contributed by atoms with E-state index < -0.39 is 0 Å². The van der Waals surface area contributed by atoms with Crippen molar-refractivity contribution in [2.75, 3.05) is 0 Å². The van der Waals surface area contributed by atoms with Gasteiger partial charge < -0.3 is 0 Å². The van der Waals surface area contributed by atoms with Crippen molar-refractivity contribution in [2.45, 2.75) is 6.54 Å². The Balaban J connectivity index is 2.91. The molecule has 0 aliphatic rings. The van der Waals surface area contributed by atoms with Crippen LogP contribution in [0.5, 0.6) is 0 Å². The summed E-state index contributed by atoms with van der Waals surface area (Å²) in [5.74, 6) is 0. The van der Waals surface area contributed by atoms with Crippen molar-refractivity contribution in [3.05, 3.63) is 30.3 Å². The summed E-state index contributed by atoms with van der Waals surface area (Å²) in [6.45, 7) is 4.38. The number of halogens is 1. The average molecular weight is 158 g/mol. The van der Waals surface area contributed by atoms with Crippen molar-refractivity contribution >= 4 is 11.6 Å². The molecule has 1 aromatic heterocycles. The Morgan fingerprint density at radius 3 is 3.00 bits per heavy atom. The molecule has 1 heterocycles. The Kier molecular flexibility index (Phi) is 2.12. The van der Waals surface area contributed by atoms with Crippen molar-refractivity contribution < 1.29 is 4.57 Å². The number of aromatic nitrogens is 2. The first kappa shape index (κ1) is 7.35. The van der Waals surface area contributed by atoms with E-state index >= 15 is 0 Å². The SMILES string of the molecule is C=CCn1c[n+](C)cc1Cl. The van der Waals surface area contributed by atoms with Crippen LogP contribution in [-0.4, -0.2) is 4.57 Å². The van der Waals surface area contributed by atoms with Crippen LogP contribution in [0.3, 0.4) is 0 Å². The van der Waals surface area contributed by atoms with E-state index in [2.05, 4.69) is 6.58 Å². The fourth-order valence-electron chi connectivity index (χ4n) is 0.824. The summed E-state index contributed by atoms with van der Waals surface area (Å²) >= 11 is 5.82. The van der Waals surface area contributed by atoms with E-state index in [0.717, 1.165) is 11.7 Å². The predicted octanol–water partition coefficient (Wildman–Crippen LogP) is 1.15. The van der Waals surface area contributed by atoms with Crippen LogP contribution < -0.4 is 4.57 Å². The summed E-state index contributed by atoms with van der Waals surface area (Å²) in [4.78, 5) is 0. The van der Waals surface area contributed by atoms with Gasteiger partial charge in [-0.05, 0) is 11.6 Å². The average Bonchev–Trinajstić information content (AvgIpc) is 2.13. The van der Waals surface area contributed by atoms with Gasteiger partial charge in [-0.1, -0.05) is 12.7 Å². The topological polar surface area (TPSA) is 8.81 Å². The van der Waals surface area contributed by atoms with Gasteiger partial charge in [0.05, 0.1) is 7.05 Å². The molecule has 54 valence electrons. The van der Waals surface area contributed by atoms with Crippen LogP contribution in [0.4, 0.5) is 0 Å². The van der Waals surface area contributed by atoms with Crippen LogP contribution in [0, 0.1) is 0 Å². The number of nitrogens with zero attached hydrogens (tertiary/aromatic N) is 2. The van der Waals surface area contributed by atoms with Crippen LogP contribution in [0.25, 0.3) is 0 Å². The molecule has 0 aromatic carbocycles. The van der Waals surface area contributed by atoms with Crippen molar-refractivity contribution in [1.82, 2.24) is 4.57 Å². The van der Waals surface area contributed by atoms with E-state index in [0.29, 0.717) is 0 Å². The van der Waals surface area contributed by atoms with Crippen LogP contribution in [-0.2, 0) is 13.6 Å². The normalized spacial score (nSPS) is 9.80. The predicted molar refractivity (Wildman–Crippen MR) is 40.8 cm³/mol. The highest BCUT2D eigenvalue weighted by atomic mass is 35.5. The van der Waals surface area contributed by atoms with E-state index in [-0.39, 0.29) is 0 Å². The fourth-order valence-corrected chi connectivity index (χ4v) is 1.09. The first-order chi connectivity index (χ1) is 4.74. The van der Waals surface area contributed by atoms with Gasteiger partial charge >= 0.3 is 0 Å². The molecule has 1 rings (SSSR count). The van der Waals surface area contributed by atoms with Gasteiger partial charge in [-0.3, -0.25) is 0 Å². The zero-order valence-corrected chi connectivity index (χ0v) is 6.67. The first-order valence-electron chi connectivity index (χ1n) is 3.06. The Bertz CT molecular complexity index is 240. The lowest BCUT2D eigenvalue weighted by molar-refractivity contribution is -0.670. The monoisotopic (exact) mass is 157 g/mol. The van der Waals surface area contributed by atoms with E-state index in [1.165, 1.54) is 0 Å². The van der Waals surface area contributed by atoms with Gasteiger partial charge in [0.15, 0.2) is 0 Å². The van der Waals surface area contributed by atoms with Gasteiger partial charge in [0.2, 0.25) is 11.5 Å². The van der Waals surface area contributed by atoms with Gasteiger partial charge in [0, 0.05) is 0 Å². The quantitative estimate of drug-likeness (QED) is 0.450. The Labute approximate surface area is 65.4 Å². The third-order valence-corrected chi connectivity index (χ3v) is 1.55. The van der Waals surface area contributed by atoms with Crippen LogP contribution in [0.2, 0.25) is 5.15 Å². The lowest BCUT2D eigenvalue weighted by Crippen LogP contribution is -2.23. The highest BCUT2D eigenvalue weighted by Crippen LogP contribution is 2.04. The Hall–Kier alpha value is -0.760. The van der Waals surface area contributed by atoms with Crippen LogP contribution in [0.15, 0.2) is 25.2 Å². The fraction of sp³-hybridized carbons (Fsp3) is 0.286. The summed E-state index contributed by atoms with van der Waals surface area (Å²) in [6.07, 6.45) is 5.58. The van der Waals surface area contributed by atoms with Gasteiger partial charge in [0.1, 0.15) is 12.7 Å². The minimum Gasteiger partial charge on any atom is -0.238 e. The Morgan fingerprint density at radius 2 is 2.60 bits per heavy atom. The molecule has 0 unspecified atom stereocenters. The maximum Gasteiger partial charge on any atom is 0.245 e. The lowest BCUT2D eigenvalue weighted by Gasteiger charge is -1.86. The minimum absolute atomic E-state index is 0.738. The molecule has 0 aliphatic carbocycles. The van der Waals surface area contributed by atoms with Gasteiger partial charge in [-0.2, -0.15) is 0 Å². The molecule has 0 radical (unpaired) electrons. The summed E-state index contributed by atoms with van der Waals surface area (Å²) in [7, 11) is 1.94. The largest absolute Gasteiger partial charge is 0.245 e. The molecular formula is C7H10ClN2+. The minimum atomic E-state index is 0.738. The molecule has 0 saturated carbocycles. The maximum absolute atomic E-state index is 5.82. The third-order valence-electron chi connectivity index (χ3n) is 1.23. The van der Waals surface area contributed by atoms with Crippen molar-refractivity contribution in [2.24, 2.45) is 7.05 Å². The van der Waals surface area contributed by atoms with E-state index in [9.17, 15) is 0 Å². The molecule has 0 saturated heterocycles. The molecule has 0 N–H and O–H groups in total. The van der Waals surface area contributed by atoms with Crippen molar-refractivity contribution in [3.8, 4) is 0 Å². The zero-order valence-electron chi connectivity index (χ0n) is 5.92. The molecule has 0 aliphatic heterocycles. The van der Waals surface area contributed by atoms with Crippen molar-refractivity contribution in [1.29, 1.82) is 0 Å². The zero-order chi connectivity index (χ0) is 7.56. The van der Waals surface area contributed by atoms with E-state index in [1.807, 2.05) is 34.8 Å². The van der Waals surface area contributed by atoms with Gasteiger partial charge in [-0.25, -0.2) is 9.13 Å². The van der Waals surface area contributed by atoms with Crippen LogP contribution in [0.1, 0.15) is 0 Å². The summed E-state index contributed by atoms with van der Waals surface area (Å²) in [6, 6.07) is 0. The molecule has 2 nitrogen and oxygen atoms in total. The second-order valence-corrected chi connectivity index (χ2v) is 2.56. The standard InChI is InChI=1S/C7H10ClN2/c1-3-4-10-6-9(2)5-7(10)8/h3,5-6H,1,4H2,2H3/q+1. The summed E-state index contributed by atoms with van der Waals surface area (Å²) in [5, 5.41) is 0.738. The lowest BCUT2D eigenvalue weighted by atomic mass is 10.6. The van der Waals surface area contributed by atoms with E-state index in [1.54, 1.807) is 0 Å². The molecule has 0 fully saturated rings. The second-order valence-electron chi connectivity index (χ2n) is 2.17. The molecule has 0 spiro atoms. The maximum atomic E-state index is 5.82. The number of allylic oxidation sites excluding steroid dienone is 1. The highest BCUT2D eigenvalue weighted by Gasteiger charge is 2.05. The molecule has 1 aromatic rings. The van der Waals surface area contributed by atoms with Gasteiger partial charge in [-0.15, -0.1) is 0 Å². The summed E-state index contributed by atoms with van der Waals surface area (Å²) in [5.41, 5.74) is 0. The number of aryl methyl sites for hydroxylation is 1. The second kappa shape index (κ2) is 2.88. The van der Waals surface area contributed by atoms with Crippen molar-refractivity contribution in [3.63, 3.8) is 0 Å². The third kappa shape index (κ3) is 1.39. The molecular weight excluding hydrogens is 148 g/mol. The smallest absolute Gasteiger partial charge is 0.238 e. The molecule has 10 heavy (non-hydrogen) atoms. The number of rotatable bonds is 2. The molecule has 0 bridgehead atoms. The highest BCUT2D eigenvalue weighted by molar-refractivity contribution is 6.29. The molecule has 3 heteroatoms. The number of hydrogen-bond donors (Lipinski definition) is 0. The number of imidazole rings is 1. The first-order valence-corrected chi connectivity index (χ1v) is 3.43.